The first-order valence-corrected chi connectivity index (χ1v) is 6.35. The third kappa shape index (κ3) is 4.43. The molecule has 112 valence electrons. The maximum Gasteiger partial charge on any atom is 0.356 e. The van der Waals surface area contributed by atoms with Gasteiger partial charge in [-0.15, -0.1) is 0 Å². The van der Waals surface area contributed by atoms with Gasteiger partial charge in [-0.25, -0.2) is 14.8 Å². The van der Waals surface area contributed by atoms with E-state index in [1.807, 2.05) is 13.8 Å². The van der Waals surface area contributed by atoms with Gasteiger partial charge >= 0.3 is 5.97 Å². The maximum absolute atomic E-state index is 11.3. The highest BCUT2D eigenvalue weighted by Gasteiger charge is 2.16. The molecule has 0 aliphatic heterocycles. The number of rotatable bonds is 8. The van der Waals surface area contributed by atoms with Gasteiger partial charge in [-0.3, -0.25) is 0 Å². The van der Waals surface area contributed by atoms with E-state index in [1.54, 1.807) is 14.2 Å². The first-order valence-electron chi connectivity index (χ1n) is 6.35. The van der Waals surface area contributed by atoms with Gasteiger partial charge in [-0.1, -0.05) is 13.8 Å². The lowest BCUT2D eigenvalue weighted by Crippen LogP contribution is -2.27. The van der Waals surface area contributed by atoms with Gasteiger partial charge in [0.15, 0.2) is 5.69 Å². The molecule has 0 aromatic carbocycles. The number of aromatic nitrogens is 2. The van der Waals surface area contributed by atoms with E-state index < -0.39 is 5.97 Å². The monoisotopic (exact) mass is 283 g/mol. The molecule has 1 atom stereocenters. The second-order valence-electron chi connectivity index (χ2n) is 4.64. The van der Waals surface area contributed by atoms with Crippen molar-refractivity contribution in [1.29, 1.82) is 0 Å². The predicted molar refractivity (Wildman–Crippen MR) is 74.2 cm³/mol. The summed E-state index contributed by atoms with van der Waals surface area (Å²) >= 11 is 0. The van der Waals surface area contributed by atoms with Gasteiger partial charge in [0.25, 0.3) is 0 Å². The Labute approximate surface area is 118 Å². The lowest BCUT2D eigenvalue weighted by Gasteiger charge is -2.17. The van der Waals surface area contributed by atoms with E-state index in [0.29, 0.717) is 24.7 Å². The number of nitrogens with zero attached hydrogens (tertiary/aromatic N) is 2. The first kappa shape index (κ1) is 16.3. The molecule has 1 rings (SSSR count). The van der Waals surface area contributed by atoms with Crippen LogP contribution >= 0.6 is 0 Å². The van der Waals surface area contributed by atoms with E-state index in [0.717, 1.165) is 0 Å². The molecule has 0 aliphatic carbocycles. The quantitative estimate of drug-likeness (QED) is 0.744. The summed E-state index contributed by atoms with van der Waals surface area (Å²) < 4.78 is 10.2. The Morgan fingerprint density at radius 1 is 1.45 bits per heavy atom. The Bertz CT molecular complexity index is 451. The summed E-state index contributed by atoms with van der Waals surface area (Å²) in [4.78, 5) is 19.5. The number of ether oxygens (including phenoxy) is 2. The van der Waals surface area contributed by atoms with Crippen LogP contribution in [0.2, 0.25) is 0 Å². The number of anilines is 1. The second kappa shape index (κ2) is 7.76. The molecule has 2 N–H and O–H groups in total. The van der Waals surface area contributed by atoms with Gasteiger partial charge in [0, 0.05) is 26.7 Å². The lowest BCUT2D eigenvalue weighted by atomic mass is 10.2. The van der Waals surface area contributed by atoms with Gasteiger partial charge < -0.3 is 19.9 Å². The summed E-state index contributed by atoms with van der Waals surface area (Å²) in [5.41, 5.74) is 0.344. The zero-order valence-electron chi connectivity index (χ0n) is 12.2. The summed E-state index contributed by atoms with van der Waals surface area (Å²) in [6, 6.07) is 0. The molecule has 0 bridgehead atoms. The summed E-state index contributed by atoms with van der Waals surface area (Å²) in [5, 5.41) is 12.2. The Morgan fingerprint density at radius 2 is 2.15 bits per heavy atom. The average Bonchev–Trinajstić information content (AvgIpc) is 2.42. The Balaban J connectivity index is 2.86. The Kier molecular flexibility index (Phi) is 6.33. The normalized spacial score (nSPS) is 12.4. The van der Waals surface area contributed by atoms with Crippen LogP contribution in [0.15, 0.2) is 6.20 Å². The van der Waals surface area contributed by atoms with Crippen molar-refractivity contribution in [2.24, 2.45) is 0 Å². The van der Waals surface area contributed by atoms with Crippen molar-refractivity contribution in [2.75, 3.05) is 32.7 Å². The van der Waals surface area contributed by atoms with Gasteiger partial charge in [-0.05, 0) is 0 Å². The van der Waals surface area contributed by atoms with Crippen molar-refractivity contribution >= 4 is 11.7 Å². The molecule has 0 radical (unpaired) electrons. The molecule has 20 heavy (non-hydrogen) atoms. The topological polar surface area (TPSA) is 93.6 Å². The van der Waals surface area contributed by atoms with Crippen molar-refractivity contribution in [1.82, 2.24) is 9.97 Å². The highest BCUT2D eigenvalue weighted by atomic mass is 16.5. The van der Waals surface area contributed by atoms with Crippen molar-refractivity contribution in [3.63, 3.8) is 0 Å². The van der Waals surface area contributed by atoms with E-state index in [1.165, 1.54) is 6.20 Å². The fourth-order valence-corrected chi connectivity index (χ4v) is 1.59. The molecule has 7 nitrogen and oxygen atoms in total. The number of carboxylic acids is 1. The summed E-state index contributed by atoms with van der Waals surface area (Å²) in [6.07, 6.45) is 1.32. The van der Waals surface area contributed by atoms with Crippen molar-refractivity contribution < 1.29 is 19.4 Å². The molecular weight excluding hydrogens is 262 g/mol. The molecule has 0 aliphatic rings. The van der Waals surface area contributed by atoms with E-state index in [-0.39, 0.29) is 17.7 Å². The third-order valence-electron chi connectivity index (χ3n) is 2.73. The molecule has 1 aromatic rings. The van der Waals surface area contributed by atoms with Crippen LogP contribution < -0.4 is 5.32 Å². The average molecular weight is 283 g/mol. The minimum Gasteiger partial charge on any atom is -0.476 e. The number of methoxy groups -OCH3 is 2. The van der Waals surface area contributed by atoms with Crippen LogP contribution in [-0.2, 0) is 9.47 Å². The summed E-state index contributed by atoms with van der Waals surface area (Å²) in [6.45, 7) is 4.65. The van der Waals surface area contributed by atoms with Crippen molar-refractivity contribution in [2.45, 2.75) is 25.9 Å². The molecule has 0 amide bonds. The van der Waals surface area contributed by atoms with E-state index >= 15 is 0 Å². The van der Waals surface area contributed by atoms with E-state index in [9.17, 15) is 9.90 Å². The molecular formula is C13H21N3O4. The van der Waals surface area contributed by atoms with Crippen LogP contribution in [0.5, 0.6) is 0 Å². The minimum atomic E-state index is -1.09. The largest absolute Gasteiger partial charge is 0.476 e. The third-order valence-corrected chi connectivity index (χ3v) is 2.73. The minimum absolute atomic E-state index is 0.0315. The van der Waals surface area contributed by atoms with Crippen LogP contribution in [0, 0.1) is 0 Å². The SMILES string of the molecule is COCC(CNc1cnc(C(C)C)nc1C(=O)O)OC. The number of hydrogen-bond donors (Lipinski definition) is 2. The number of carbonyl (C=O) groups is 1. The number of carboxylic acid groups (broad SMARTS) is 1. The molecule has 0 saturated carbocycles. The van der Waals surface area contributed by atoms with E-state index in [4.69, 9.17) is 9.47 Å². The van der Waals surface area contributed by atoms with Gasteiger partial charge in [0.05, 0.1) is 24.6 Å². The lowest BCUT2D eigenvalue weighted by molar-refractivity contribution is 0.0365. The molecule has 7 heteroatoms. The zero-order chi connectivity index (χ0) is 15.1. The Morgan fingerprint density at radius 3 is 2.65 bits per heavy atom. The molecule has 0 spiro atoms. The fourth-order valence-electron chi connectivity index (χ4n) is 1.59. The molecule has 1 heterocycles. The standard InChI is InChI=1S/C13H21N3O4/c1-8(2)12-15-6-10(11(16-12)13(17)18)14-5-9(20-4)7-19-3/h6,8-9,14H,5,7H2,1-4H3,(H,17,18). The Hall–Kier alpha value is -1.73. The molecule has 1 aromatic heterocycles. The number of nitrogens with one attached hydrogen (secondary N) is 1. The second-order valence-corrected chi connectivity index (χ2v) is 4.64. The highest BCUT2D eigenvalue weighted by Crippen LogP contribution is 2.16. The van der Waals surface area contributed by atoms with Gasteiger partial charge in [0.1, 0.15) is 5.82 Å². The van der Waals surface area contributed by atoms with Gasteiger partial charge in [0.2, 0.25) is 0 Å². The van der Waals surface area contributed by atoms with Crippen LogP contribution in [0.1, 0.15) is 36.1 Å². The first-order chi connectivity index (χ1) is 9.49. The fraction of sp³-hybridized carbons (Fsp3) is 0.615. The number of hydrogen-bond acceptors (Lipinski definition) is 6. The van der Waals surface area contributed by atoms with Crippen molar-refractivity contribution in [3.8, 4) is 0 Å². The zero-order valence-corrected chi connectivity index (χ0v) is 12.2. The van der Waals surface area contributed by atoms with Gasteiger partial charge in [-0.2, -0.15) is 0 Å². The van der Waals surface area contributed by atoms with Crippen LogP contribution in [0.25, 0.3) is 0 Å². The van der Waals surface area contributed by atoms with Crippen molar-refractivity contribution in [3.05, 3.63) is 17.7 Å². The predicted octanol–water partition coefficient (Wildman–Crippen LogP) is 1.37. The maximum atomic E-state index is 11.3. The van der Waals surface area contributed by atoms with Crippen LogP contribution in [0.3, 0.4) is 0 Å². The van der Waals surface area contributed by atoms with Crippen LogP contribution in [0.4, 0.5) is 5.69 Å². The highest BCUT2D eigenvalue weighted by molar-refractivity contribution is 5.91. The smallest absolute Gasteiger partial charge is 0.356 e. The van der Waals surface area contributed by atoms with Crippen LogP contribution in [-0.4, -0.2) is 54.5 Å². The summed E-state index contributed by atoms with van der Waals surface area (Å²) in [7, 11) is 3.15. The molecule has 0 fully saturated rings. The number of aromatic carboxylic acids is 1. The van der Waals surface area contributed by atoms with E-state index in [2.05, 4.69) is 15.3 Å². The summed E-state index contributed by atoms with van der Waals surface area (Å²) in [5.74, 6) is -0.506. The molecule has 1 unspecified atom stereocenters. The molecule has 0 saturated heterocycles.